The Labute approximate surface area is 74.9 Å². The summed E-state index contributed by atoms with van der Waals surface area (Å²) in [5.41, 5.74) is 4.31. The number of aryl methyl sites for hydroxylation is 1. The molecule has 0 aliphatic heterocycles. The van der Waals surface area contributed by atoms with Crippen molar-refractivity contribution in [2.75, 3.05) is 0 Å². The van der Waals surface area contributed by atoms with Gasteiger partial charge in [-0.15, -0.1) is 6.58 Å². The van der Waals surface area contributed by atoms with Gasteiger partial charge in [0.2, 0.25) is 0 Å². The predicted octanol–water partition coefficient (Wildman–Crippen LogP) is 3.29. The van der Waals surface area contributed by atoms with Gasteiger partial charge in [-0.3, -0.25) is 0 Å². The van der Waals surface area contributed by atoms with Crippen LogP contribution >= 0.6 is 0 Å². The fraction of sp³-hybridized carbons (Fsp3) is 0.333. The first-order valence-corrected chi connectivity index (χ1v) is 4.47. The zero-order valence-corrected chi connectivity index (χ0v) is 7.93. The maximum Gasteiger partial charge on any atom is -0.00973 e. The van der Waals surface area contributed by atoms with E-state index in [9.17, 15) is 0 Å². The topological polar surface area (TPSA) is 0 Å². The van der Waals surface area contributed by atoms with E-state index in [0.29, 0.717) is 0 Å². The van der Waals surface area contributed by atoms with Crippen molar-refractivity contribution in [1.29, 1.82) is 0 Å². The van der Waals surface area contributed by atoms with Gasteiger partial charge in [0.1, 0.15) is 0 Å². The minimum Gasteiger partial charge on any atom is -0.103 e. The normalized spacial score (nSPS) is 9.83. The first-order valence-electron chi connectivity index (χ1n) is 4.47. The van der Waals surface area contributed by atoms with Crippen LogP contribution in [-0.4, -0.2) is 0 Å². The van der Waals surface area contributed by atoms with Gasteiger partial charge in [0, 0.05) is 0 Å². The van der Waals surface area contributed by atoms with Crippen LogP contribution in [0.15, 0.2) is 30.9 Å². The molecule has 0 heteroatoms. The maximum atomic E-state index is 3.76. The third-order valence-corrected chi connectivity index (χ3v) is 2.23. The van der Waals surface area contributed by atoms with E-state index in [1.54, 1.807) is 0 Å². The summed E-state index contributed by atoms with van der Waals surface area (Å²) in [7, 11) is 0. The number of rotatable bonds is 3. The summed E-state index contributed by atoms with van der Waals surface area (Å²) in [6, 6.07) is 6.48. The average molecular weight is 160 g/mol. The van der Waals surface area contributed by atoms with Crippen LogP contribution in [0, 0.1) is 6.92 Å². The summed E-state index contributed by atoms with van der Waals surface area (Å²) in [6.45, 7) is 8.14. The molecule has 12 heavy (non-hydrogen) atoms. The van der Waals surface area contributed by atoms with E-state index in [1.165, 1.54) is 16.7 Å². The lowest BCUT2D eigenvalue weighted by Gasteiger charge is -2.08. The van der Waals surface area contributed by atoms with Crippen LogP contribution in [0.1, 0.15) is 23.6 Å². The van der Waals surface area contributed by atoms with Gasteiger partial charge in [-0.05, 0) is 36.5 Å². The van der Waals surface area contributed by atoms with Crippen molar-refractivity contribution in [1.82, 2.24) is 0 Å². The predicted molar refractivity (Wildman–Crippen MR) is 54.5 cm³/mol. The van der Waals surface area contributed by atoms with Crippen molar-refractivity contribution >= 4 is 0 Å². The highest BCUT2D eigenvalue weighted by atomic mass is 14.1. The molecular formula is C12H16. The molecule has 64 valence electrons. The second kappa shape index (κ2) is 4.10. The zero-order chi connectivity index (χ0) is 8.97. The van der Waals surface area contributed by atoms with Gasteiger partial charge in [-0.25, -0.2) is 0 Å². The molecule has 1 aromatic carbocycles. The molecule has 0 radical (unpaired) electrons. The molecule has 0 aromatic heterocycles. The highest BCUT2D eigenvalue weighted by Crippen LogP contribution is 2.15. The molecule has 0 unspecified atom stereocenters. The molecule has 0 fully saturated rings. The third kappa shape index (κ3) is 1.76. The second-order valence-corrected chi connectivity index (χ2v) is 3.06. The van der Waals surface area contributed by atoms with Crippen LogP contribution in [0.5, 0.6) is 0 Å². The van der Waals surface area contributed by atoms with Crippen molar-refractivity contribution in [2.24, 2.45) is 0 Å². The van der Waals surface area contributed by atoms with Gasteiger partial charge in [0.25, 0.3) is 0 Å². The van der Waals surface area contributed by atoms with Crippen molar-refractivity contribution in [3.05, 3.63) is 47.5 Å². The number of hydrogen-bond donors (Lipinski definition) is 0. The quantitative estimate of drug-likeness (QED) is 0.595. The molecule has 0 bridgehead atoms. The number of allylic oxidation sites excluding steroid dienone is 1. The van der Waals surface area contributed by atoms with Crippen LogP contribution in [0.4, 0.5) is 0 Å². The van der Waals surface area contributed by atoms with Crippen LogP contribution in [0.25, 0.3) is 0 Å². The zero-order valence-electron chi connectivity index (χ0n) is 7.93. The Balaban J connectivity index is 3.08. The first kappa shape index (κ1) is 9.05. The SMILES string of the molecule is C=CCc1cccc(C)c1CC. The van der Waals surface area contributed by atoms with Crippen LogP contribution in [0.3, 0.4) is 0 Å². The van der Waals surface area contributed by atoms with Gasteiger partial charge >= 0.3 is 0 Å². The van der Waals surface area contributed by atoms with Crippen molar-refractivity contribution in [3.8, 4) is 0 Å². The van der Waals surface area contributed by atoms with Gasteiger partial charge in [-0.1, -0.05) is 31.2 Å². The molecule has 0 aliphatic rings. The maximum absolute atomic E-state index is 3.76. The molecule has 0 nitrogen and oxygen atoms in total. The van der Waals surface area contributed by atoms with Gasteiger partial charge in [0.15, 0.2) is 0 Å². The molecule has 0 N–H and O–H groups in total. The fourth-order valence-corrected chi connectivity index (χ4v) is 1.62. The smallest absolute Gasteiger partial charge is 0.00973 e. The molecule has 0 amide bonds. The van der Waals surface area contributed by atoms with E-state index in [-0.39, 0.29) is 0 Å². The summed E-state index contributed by atoms with van der Waals surface area (Å²) < 4.78 is 0. The third-order valence-electron chi connectivity index (χ3n) is 2.23. The molecule has 0 spiro atoms. The Morgan fingerprint density at radius 3 is 2.75 bits per heavy atom. The Morgan fingerprint density at radius 1 is 1.42 bits per heavy atom. The van der Waals surface area contributed by atoms with E-state index in [1.807, 2.05) is 6.08 Å². The Kier molecular flexibility index (Phi) is 3.09. The standard InChI is InChI=1S/C12H16/c1-4-7-11-9-6-8-10(3)12(11)5-2/h4,6,8-9H,1,5,7H2,2-3H3. The molecule has 1 rings (SSSR count). The lowest BCUT2D eigenvalue weighted by molar-refractivity contribution is 1.05. The van der Waals surface area contributed by atoms with Crippen molar-refractivity contribution in [3.63, 3.8) is 0 Å². The second-order valence-electron chi connectivity index (χ2n) is 3.06. The Hall–Kier alpha value is -1.04. The van der Waals surface area contributed by atoms with E-state index in [2.05, 4.69) is 38.6 Å². The first-order chi connectivity index (χ1) is 5.79. The van der Waals surface area contributed by atoms with E-state index in [4.69, 9.17) is 0 Å². The molecule has 0 aliphatic carbocycles. The van der Waals surface area contributed by atoms with Gasteiger partial charge < -0.3 is 0 Å². The van der Waals surface area contributed by atoms with Crippen LogP contribution < -0.4 is 0 Å². The van der Waals surface area contributed by atoms with Crippen molar-refractivity contribution < 1.29 is 0 Å². The number of benzene rings is 1. The van der Waals surface area contributed by atoms with E-state index in [0.717, 1.165) is 12.8 Å². The summed E-state index contributed by atoms with van der Waals surface area (Å²) >= 11 is 0. The molecule has 0 saturated carbocycles. The highest BCUT2D eigenvalue weighted by Gasteiger charge is 2.00. The lowest BCUT2D eigenvalue weighted by Crippen LogP contribution is -1.93. The summed E-state index contributed by atoms with van der Waals surface area (Å²) in [5.74, 6) is 0. The van der Waals surface area contributed by atoms with Crippen LogP contribution in [-0.2, 0) is 12.8 Å². The van der Waals surface area contributed by atoms with Gasteiger partial charge in [-0.2, -0.15) is 0 Å². The number of hydrogen-bond acceptors (Lipinski definition) is 0. The largest absolute Gasteiger partial charge is 0.103 e. The fourth-order valence-electron chi connectivity index (χ4n) is 1.62. The average Bonchev–Trinajstić information content (AvgIpc) is 2.05. The summed E-state index contributed by atoms with van der Waals surface area (Å²) in [6.07, 6.45) is 4.08. The molecule has 0 heterocycles. The van der Waals surface area contributed by atoms with Crippen molar-refractivity contribution in [2.45, 2.75) is 26.7 Å². The molecular weight excluding hydrogens is 144 g/mol. The molecule has 1 aromatic rings. The minimum absolute atomic E-state index is 0.991. The lowest BCUT2D eigenvalue weighted by atomic mass is 9.98. The Bertz CT molecular complexity index is 271. The minimum atomic E-state index is 0.991. The highest BCUT2D eigenvalue weighted by molar-refractivity contribution is 5.35. The monoisotopic (exact) mass is 160 g/mol. The van der Waals surface area contributed by atoms with Gasteiger partial charge in [0.05, 0.1) is 0 Å². The summed E-state index contributed by atoms with van der Waals surface area (Å²) in [4.78, 5) is 0. The molecule has 0 atom stereocenters. The summed E-state index contributed by atoms with van der Waals surface area (Å²) in [5, 5.41) is 0. The molecule has 0 saturated heterocycles. The van der Waals surface area contributed by atoms with E-state index >= 15 is 0 Å². The van der Waals surface area contributed by atoms with Crippen LogP contribution in [0.2, 0.25) is 0 Å². The van der Waals surface area contributed by atoms with E-state index < -0.39 is 0 Å². The Morgan fingerprint density at radius 2 is 2.17 bits per heavy atom.